The number of nitrogens with one attached hydrogen (secondary N) is 1. The number of carbonyl (C=O) groups excluding carboxylic acids is 2. The molecule has 0 aliphatic carbocycles. The molecule has 0 spiro atoms. The quantitative estimate of drug-likeness (QED) is 0.902. The van der Waals surface area contributed by atoms with Gasteiger partial charge in [0.05, 0.1) is 18.4 Å². The lowest BCUT2D eigenvalue weighted by Crippen LogP contribution is -2.39. The van der Waals surface area contributed by atoms with Crippen LogP contribution < -0.4 is 5.32 Å². The third-order valence-corrected chi connectivity index (χ3v) is 2.90. The lowest BCUT2D eigenvalue weighted by atomic mass is 10.2. The van der Waals surface area contributed by atoms with Gasteiger partial charge < -0.3 is 14.6 Å². The van der Waals surface area contributed by atoms with Crippen LogP contribution in [0.5, 0.6) is 0 Å². The van der Waals surface area contributed by atoms with Crippen LogP contribution >= 0.6 is 15.9 Å². The van der Waals surface area contributed by atoms with Crippen molar-refractivity contribution in [1.29, 1.82) is 0 Å². The maximum atomic E-state index is 12.0. The van der Waals surface area contributed by atoms with Crippen molar-refractivity contribution in [2.75, 3.05) is 20.1 Å². The fourth-order valence-electron chi connectivity index (χ4n) is 1.31. The standard InChI is InChI=1S/C12H17BrN2O3/c1-8(2)6-14-10(16)7-15(3)12(17)9-4-5-18-11(9)13/h4-5,8H,6-7H2,1-3H3,(H,14,16). The number of halogens is 1. The number of furan rings is 1. The number of carbonyl (C=O) groups is 2. The fraction of sp³-hybridized carbons (Fsp3) is 0.500. The zero-order valence-electron chi connectivity index (χ0n) is 10.7. The Morgan fingerprint density at radius 2 is 2.17 bits per heavy atom. The molecule has 0 saturated heterocycles. The van der Waals surface area contributed by atoms with E-state index in [4.69, 9.17) is 4.42 Å². The summed E-state index contributed by atoms with van der Waals surface area (Å²) in [7, 11) is 1.58. The molecule has 1 heterocycles. The highest BCUT2D eigenvalue weighted by Crippen LogP contribution is 2.18. The van der Waals surface area contributed by atoms with Gasteiger partial charge in [0.25, 0.3) is 5.91 Å². The molecule has 0 radical (unpaired) electrons. The predicted octanol–water partition coefficient (Wildman–Crippen LogP) is 1.89. The maximum Gasteiger partial charge on any atom is 0.258 e. The van der Waals surface area contributed by atoms with Crippen molar-refractivity contribution >= 4 is 27.7 Å². The SMILES string of the molecule is CC(C)CNC(=O)CN(C)C(=O)c1ccoc1Br. The molecule has 18 heavy (non-hydrogen) atoms. The molecule has 0 aliphatic rings. The van der Waals surface area contributed by atoms with Crippen LogP contribution in [0, 0.1) is 5.92 Å². The van der Waals surface area contributed by atoms with Crippen LogP contribution in [0.2, 0.25) is 0 Å². The summed E-state index contributed by atoms with van der Waals surface area (Å²) in [4.78, 5) is 24.9. The third-order valence-electron chi connectivity index (χ3n) is 2.28. The van der Waals surface area contributed by atoms with Gasteiger partial charge in [-0.15, -0.1) is 0 Å². The van der Waals surface area contributed by atoms with E-state index in [1.165, 1.54) is 11.2 Å². The van der Waals surface area contributed by atoms with Crippen LogP contribution in [0.1, 0.15) is 24.2 Å². The molecule has 100 valence electrons. The van der Waals surface area contributed by atoms with E-state index in [2.05, 4.69) is 21.2 Å². The molecule has 0 aromatic carbocycles. The fourth-order valence-corrected chi connectivity index (χ4v) is 1.72. The van der Waals surface area contributed by atoms with E-state index in [0.717, 1.165) is 0 Å². The Morgan fingerprint density at radius 3 is 2.67 bits per heavy atom. The van der Waals surface area contributed by atoms with Crippen molar-refractivity contribution < 1.29 is 14.0 Å². The summed E-state index contributed by atoms with van der Waals surface area (Å²) < 4.78 is 5.37. The Bertz CT molecular complexity index is 429. The van der Waals surface area contributed by atoms with Crippen molar-refractivity contribution in [3.8, 4) is 0 Å². The average molecular weight is 317 g/mol. The minimum Gasteiger partial charge on any atom is -0.457 e. The number of rotatable bonds is 5. The van der Waals surface area contributed by atoms with Crippen molar-refractivity contribution in [2.45, 2.75) is 13.8 Å². The molecule has 0 atom stereocenters. The van der Waals surface area contributed by atoms with Crippen LogP contribution in [-0.2, 0) is 4.79 Å². The number of hydrogen-bond donors (Lipinski definition) is 1. The molecule has 0 fully saturated rings. The van der Waals surface area contributed by atoms with Gasteiger partial charge in [0, 0.05) is 13.6 Å². The molecule has 1 aromatic heterocycles. The van der Waals surface area contributed by atoms with Crippen LogP contribution in [0.4, 0.5) is 0 Å². The molecule has 0 saturated carbocycles. The topological polar surface area (TPSA) is 62.6 Å². The molecule has 0 bridgehead atoms. The Balaban J connectivity index is 2.50. The molecule has 1 rings (SSSR count). The van der Waals surface area contributed by atoms with Crippen molar-refractivity contribution in [1.82, 2.24) is 10.2 Å². The monoisotopic (exact) mass is 316 g/mol. The van der Waals surface area contributed by atoms with E-state index in [1.807, 2.05) is 13.8 Å². The second-order valence-electron chi connectivity index (χ2n) is 4.47. The first-order valence-corrected chi connectivity index (χ1v) is 6.46. The van der Waals surface area contributed by atoms with Gasteiger partial charge in [-0.2, -0.15) is 0 Å². The van der Waals surface area contributed by atoms with E-state index >= 15 is 0 Å². The summed E-state index contributed by atoms with van der Waals surface area (Å²) in [5.41, 5.74) is 0.411. The van der Waals surface area contributed by atoms with E-state index < -0.39 is 0 Å². The third kappa shape index (κ3) is 4.18. The number of likely N-dealkylation sites (N-methyl/N-ethyl adjacent to an activating group) is 1. The van der Waals surface area contributed by atoms with Crippen molar-refractivity contribution in [2.24, 2.45) is 5.92 Å². The highest BCUT2D eigenvalue weighted by molar-refractivity contribution is 9.10. The summed E-state index contributed by atoms with van der Waals surface area (Å²) in [6.07, 6.45) is 1.42. The average Bonchev–Trinajstić information content (AvgIpc) is 2.71. The normalized spacial score (nSPS) is 10.5. The Labute approximate surface area is 115 Å². The summed E-state index contributed by atoms with van der Waals surface area (Å²) in [5, 5.41) is 2.76. The Kier molecular flexibility index (Phi) is 5.40. The van der Waals surface area contributed by atoms with Crippen LogP contribution in [0.15, 0.2) is 21.4 Å². The van der Waals surface area contributed by atoms with Gasteiger partial charge in [-0.3, -0.25) is 9.59 Å². The lowest BCUT2D eigenvalue weighted by Gasteiger charge is -2.16. The van der Waals surface area contributed by atoms with Crippen LogP contribution in [0.25, 0.3) is 0 Å². The van der Waals surface area contributed by atoms with Gasteiger partial charge in [-0.1, -0.05) is 13.8 Å². The van der Waals surface area contributed by atoms with Gasteiger partial charge in [-0.25, -0.2) is 0 Å². The minimum atomic E-state index is -0.254. The van der Waals surface area contributed by atoms with Crippen LogP contribution in [-0.4, -0.2) is 36.9 Å². The smallest absolute Gasteiger partial charge is 0.258 e. The van der Waals surface area contributed by atoms with Crippen molar-refractivity contribution in [3.05, 3.63) is 22.6 Å². The van der Waals surface area contributed by atoms with E-state index in [1.54, 1.807) is 13.1 Å². The Morgan fingerprint density at radius 1 is 1.50 bits per heavy atom. The molecule has 2 amide bonds. The molecular weight excluding hydrogens is 300 g/mol. The first kappa shape index (κ1) is 14.8. The van der Waals surface area contributed by atoms with E-state index in [-0.39, 0.29) is 18.4 Å². The summed E-state index contributed by atoms with van der Waals surface area (Å²) >= 11 is 3.14. The summed E-state index contributed by atoms with van der Waals surface area (Å²) in [5.74, 6) is -0.0348. The number of amides is 2. The second kappa shape index (κ2) is 6.58. The predicted molar refractivity (Wildman–Crippen MR) is 71.2 cm³/mol. The second-order valence-corrected chi connectivity index (χ2v) is 5.19. The highest BCUT2D eigenvalue weighted by atomic mass is 79.9. The zero-order chi connectivity index (χ0) is 13.7. The summed E-state index contributed by atoms with van der Waals surface area (Å²) in [6.45, 7) is 4.66. The molecule has 6 heteroatoms. The molecule has 0 unspecified atom stereocenters. The Hall–Kier alpha value is -1.30. The zero-order valence-corrected chi connectivity index (χ0v) is 12.3. The molecular formula is C12H17BrN2O3. The van der Waals surface area contributed by atoms with Gasteiger partial charge in [-0.05, 0) is 27.9 Å². The molecule has 5 nitrogen and oxygen atoms in total. The molecule has 1 N–H and O–H groups in total. The number of nitrogens with zero attached hydrogens (tertiary/aromatic N) is 1. The number of hydrogen-bond acceptors (Lipinski definition) is 3. The maximum absolute atomic E-state index is 12.0. The van der Waals surface area contributed by atoms with Crippen LogP contribution in [0.3, 0.4) is 0 Å². The lowest BCUT2D eigenvalue weighted by molar-refractivity contribution is -0.121. The minimum absolute atomic E-state index is 0.0309. The molecule has 0 aliphatic heterocycles. The van der Waals surface area contributed by atoms with Gasteiger partial charge >= 0.3 is 0 Å². The van der Waals surface area contributed by atoms with Gasteiger partial charge in [0.15, 0.2) is 4.67 Å². The summed E-state index contributed by atoms with van der Waals surface area (Å²) in [6, 6.07) is 1.56. The largest absolute Gasteiger partial charge is 0.457 e. The highest BCUT2D eigenvalue weighted by Gasteiger charge is 2.18. The first-order valence-electron chi connectivity index (χ1n) is 5.67. The first-order chi connectivity index (χ1) is 8.41. The van der Waals surface area contributed by atoms with Gasteiger partial charge in [0.1, 0.15) is 0 Å². The molecule has 1 aromatic rings. The van der Waals surface area contributed by atoms with E-state index in [0.29, 0.717) is 22.7 Å². The van der Waals surface area contributed by atoms with Gasteiger partial charge in [0.2, 0.25) is 5.91 Å². The van der Waals surface area contributed by atoms with Crippen molar-refractivity contribution in [3.63, 3.8) is 0 Å². The van der Waals surface area contributed by atoms with E-state index in [9.17, 15) is 9.59 Å².